The smallest absolute Gasteiger partial charge is 0.387 e. The summed E-state index contributed by atoms with van der Waals surface area (Å²) in [5, 5.41) is 9.15. The van der Waals surface area contributed by atoms with Crippen molar-refractivity contribution in [2.75, 3.05) is 19.5 Å². The van der Waals surface area contributed by atoms with Gasteiger partial charge in [0.1, 0.15) is 5.75 Å². The fourth-order valence-electron chi connectivity index (χ4n) is 3.24. The number of para-hydroxylation sites is 2. The minimum absolute atomic E-state index is 0.103. The van der Waals surface area contributed by atoms with E-state index in [1.165, 1.54) is 26.4 Å². The lowest BCUT2D eigenvalue weighted by Crippen LogP contribution is -2.45. The van der Waals surface area contributed by atoms with E-state index in [9.17, 15) is 13.6 Å². The molecule has 0 aliphatic carbocycles. The number of hydrogen-bond acceptors (Lipinski definition) is 5. The number of carbonyl (C=O) groups excluding carboxylic acids is 1. The molecule has 1 amide bonds. The third-order valence-electron chi connectivity index (χ3n) is 4.61. The quantitative estimate of drug-likeness (QED) is 0.556. The number of nitrogens with one attached hydrogen (secondary N) is 3. The maximum Gasteiger partial charge on any atom is 0.387 e. The third kappa shape index (κ3) is 5.02. The minimum atomic E-state index is -2.99. The number of hydrogen-bond donors (Lipinski definition) is 3. The first-order chi connectivity index (χ1) is 14.8. The number of halogens is 2. The first-order valence-corrected chi connectivity index (χ1v) is 9.60. The molecule has 0 saturated heterocycles. The lowest BCUT2D eigenvalue weighted by atomic mass is 9.94. The van der Waals surface area contributed by atoms with Crippen LogP contribution in [0.25, 0.3) is 0 Å². The molecule has 1 unspecified atom stereocenters. The lowest BCUT2D eigenvalue weighted by Gasteiger charge is -2.30. The molecule has 0 fully saturated rings. The van der Waals surface area contributed by atoms with Crippen molar-refractivity contribution in [3.63, 3.8) is 0 Å². The minimum Gasteiger partial charge on any atom is -0.495 e. The van der Waals surface area contributed by atoms with Crippen LogP contribution in [0.4, 0.5) is 14.5 Å². The molecule has 0 spiro atoms. The van der Waals surface area contributed by atoms with Crippen molar-refractivity contribution in [3.05, 3.63) is 59.3 Å². The summed E-state index contributed by atoms with van der Waals surface area (Å²) >= 11 is 5.25. The SMILES string of the molecule is COc1ccccc1NC(=O)C1=C(C)NC(=S)NC1c1ccc(OC(F)F)c(OC)c1. The number of anilines is 1. The summed E-state index contributed by atoms with van der Waals surface area (Å²) < 4.78 is 40.2. The lowest BCUT2D eigenvalue weighted by molar-refractivity contribution is -0.113. The molecule has 3 rings (SSSR count). The second kappa shape index (κ2) is 9.61. The first kappa shape index (κ1) is 22.3. The maximum atomic E-state index is 13.2. The Kier molecular flexibility index (Phi) is 6.91. The Morgan fingerprint density at radius 3 is 2.48 bits per heavy atom. The summed E-state index contributed by atoms with van der Waals surface area (Å²) in [6.45, 7) is -1.27. The summed E-state index contributed by atoms with van der Waals surface area (Å²) in [5.41, 5.74) is 1.99. The summed E-state index contributed by atoms with van der Waals surface area (Å²) in [6, 6.07) is 10.8. The Labute approximate surface area is 183 Å². The van der Waals surface area contributed by atoms with E-state index in [4.69, 9.17) is 21.7 Å². The van der Waals surface area contributed by atoms with Gasteiger partial charge in [-0.05, 0) is 49.0 Å². The fraction of sp³-hybridized carbons (Fsp3) is 0.238. The molecule has 0 radical (unpaired) electrons. The molecule has 164 valence electrons. The molecule has 10 heteroatoms. The van der Waals surface area contributed by atoms with Crippen molar-refractivity contribution in [1.29, 1.82) is 0 Å². The van der Waals surface area contributed by atoms with Crippen LogP contribution in [0.5, 0.6) is 17.2 Å². The van der Waals surface area contributed by atoms with Gasteiger partial charge >= 0.3 is 6.61 Å². The van der Waals surface area contributed by atoms with E-state index in [2.05, 4.69) is 20.7 Å². The number of ether oxygens (including phenoxy) is 3. The molecule has 3 N–H and O–H groups in total. The van der Waals surface area contributed by atoms with Gasteiger partial charge in [0.05, 0.1) is 31.5 Å². The normalized spacial score (nSPS) is 15.8. The molecule has 2 aromatic rings. The van der Waals surface area contributed by atoms with Crippen LogP contribution in [-0.4, -0.2) is 31.9 Å². The van der Waals surface area contributed by atoms with Gasteiger partial charge in [-0.25, -0.2) is 0 Å². The van der Waals surface area contributed by atoms with Crippen molar-refractivity contribution in [3.8, 4) is 17.2 Å². The van der Waals surface area contributed by atoms with Gasteiger partial charge < -0.3 is 30.2 Å². The van der Waals surface area contributed by atoms with E-state index < -0.39 is 12.7 Å². The Bertz CT molecular complexity index is 1030. The summed E-state index contributed by atoms with van der Waals surface area (Å²) in [6.07, 6.45) is 0. The van der Waals surface area contributed by atoms with E-state index in [1.807, 2.05) is 0 Å². The van der Waals surface area contributed by atoms with Crippen molar-refractivity contribution >= 4 is 28.9 Å². The van der Waals surface area contributed by atoms with E-state index in [0.29, 0.717) is 33.4 Å². The molecule has 0 bridgehead atoms. The van der Waals surface area contributed by atoms with Crippen molar-refractivity contribution in [2.24, 2.45) is 0 Å². The third-order valence-corrected chi connectivity index (χ3v) is 4.83. The molecular weight excluding hydrogens is 428 g/mol. The maximum absolute atomic E-state index is 13.2. The van der Waals surface area contributed by atoms with Gasteiger partial charge in [0.25, 0.3) is 5.91 Å². The predicted octanol–water partition coefficient (Wildman–Crippen LogP) is 3.74. The Morgan fingerprint density at radius 1 is 1.10 bits per heavy atom. The topological polar surface area (TPSA) is 80.9 Å². The Balaban J connectivity index is 1.97. The van der Waals surface area contributed by atoms with Crippen LogP contribution in [0.15, 0.2) is 53.7 Å². The van der Waals surface area contributed by atoms with Gasteiger partial charge in [0.15, 0.2) is 16.6 Å². The molecule has 1 aliphatic rings. The van der Waals surface area contributed by atoms with E-state index in [0.717, 1.165) is 0 Å². The molecule has 2 aromatic carbocycles. The molecule has 31 heavy (non-hydrogen) atoms. The number of benzene rings is 2. The van der Waals surface area contributed by atoms with Crippen LogP contribution in [0, 0.1) is 0 Å². The monoisotopic (exact) mass is 449 g/mol. The van der Waals surface area contributed by atoms with Crippen LogP contribution in [0.3, 0.4) is 0 Å². The second-order valence-corrected chi connectivity index (χ2v) is 6.92. The molecule has 0 aromatic heterocycles. The number of allylic oxidation sites excluding steroid dienone is 1. The summed E-state index contributed by atoms with van der Waals surface area (Å²) in [5.74, 6) is 0.110. The Morgan fingerprint density at radius 2 is 1.81 bits per heavy atom. The first-order valence-electron chi connectivity index (χ1n) is 9.19. The molecule has 1 aliphatic heterocycles. The zero-order valence-electron chi connectivity index (χ0n) is 17.0. The zero-order chi connectivity index (χ0) is 22.5. The molecular formula is C21H21F2N3O4S. The van der Waals surface area contributed by atoms with Gasteiger partial charge in [-0.15, -0.1) is 0 Å². The highest BCUT2D eigenvalue weighted by Gasteiger charge is 2.31. The van der Waals surface area contributed by atoms with E-state index in [1.54, 1.807) is 37.3 Å². The average Bonchev–Trinajstić information content (AvgIpc) is 2.73. The predicted molar refractivity (Wildman–Crippen MR) is 116 cm³/mol. The largest absolute Gasteiger partial charge is 0.495 e. The molecule has 1 atom stereocenters. The van der Waals surface area contributed by atoms with E-state index in [-0.39, 0.29) is 17.4 Å². The number of carbonyl (C=O) groups is 1. The standard InChI is InChI=1S/C21H21F2N3O4S/c1-11-17(19(27)25-13-6-4-5-7-14(13)28-2)18(26-21(31)24-11)12-8-9-15(30-20(22)23)16(10-12)29-3/h4-10,18,20H,1-3H3,(H,25,27)(H2,24,26,31). The van der Waals surface area contributed by atoms with Gasteiger partial charge in [-0.3, -0.25) is 4.79 Å². The van der Waals surface area contributed by atoms with Crippen LogP contribution < -0.4 is 30.2 Å². The number of rotatable bonds is 7. The number of methoxy groups -OCH3 is 2. The van der Waals surface area contributed by atoms with Crippen molar-refractivity contribution in [2.45, 2.75) is 19.6 Å². The Hall–Kier alpha value is -3.40. The van der Waals surface area contributed by atoms with Crippen LogP contribution in [0.1, 0.15) is 18.5 Å². The van der Waals surface area contributed by atoms with Crippen LogP contribution in [0.2, 0.25) is 0 Å². The number of thiocarbonyl (C=S) groups is 1. The summed E-state index contributed by atoms with van der Waals surface area (Å²) in [4.78, 5) is 13.2. The highest BCUT2D eigenvalue weighted by molar-refractivity contribution is 7.80. The number of amides is 1. The highest BCUT2D eigenvalue weighted by atomic mass is 32.1. The van der Waals surface area contributed by atoms with Gasteiger partial charge in [0, 0.05) is 5.70 Å². The van der Waals surface area contributed by atoms with Crippen LogP contribution >= 0.6 is 12.2 Å². The zero-order valence-corrected chi connectivity index (χ0v) is 17.8. The molecule has 7 nitrogen and oxygen atoms in total. The molecule has 1 heterocycles. The number of alkyl halides is 2. The molecule has 0 saturated carbocycles. The van der Waals surface area contributed by atoms with Crippen molar-refractivity contribution < 1.29 is 27.8 Å². The van der Waals surface area contributed by atoms with Gasteiger partial charge in [0.2, 0.25) is 0 Å². The van der Waals surface area contributed by atoms with E-state index >= 15 is 0 Å². The van der Waals surface area contributed by atoms with Gasteiger partial charge in [-0.1, -0.05) is 18.2 Å². The summed E-state index contributed by atoms with van der Waals surface area (Å²) in [7, 11) is 2.85. The van der Waals surface area contributed by atoms with Crippen molar-refractivity contribution in [1.82, 2.24) is 10.6 Å². The van der Waals surface area contributed by atoms with Crippen LogP contribution in [-0.2, 0) is 4.79 Å². The average molecular weight is 449 g/mol. The van der Waals surface area contributed by atoms with Gasteiger partial charge in [-0.2, -0.15) is 8.78 Å². The highest BCUT2D eigenvalue weighted by Crippen LogP contribution is 2.35. The fourth-order valence-corrected chi connectivity index (χ4v) is 3.51. The second-order valence-electron chi connectivity index (χ2n) is 6.51.